The van der Waals surface area contributed by atoms with Gasteiger partial charge in [0.2, 0.25) is 5.91 Å². The van der Waals surface area contributed by atoms with Gasteiger partial charge in [-0.05, 0) is 43.5 Å². The molecule has 0 spiro atoms. The number of hydrogen-bond acceptors (Lipinski definition) is 3. The van der Waals surface area contributed by atoms with Crippen molar-refractivity contribution in [2.24, 2.45) is 0 Å². The molecule has 0 saturated heterocycles. The second-order valence-electron chi connectivity index (χ2n) is 4.84. The largest absolute Gasteiger partial charge is 0.480 e. The van der Waals surface area contributed by atoms with Crippen molar-refractivity contribution in [2.75, 3.05) is 5.32 Å². The lowest BCUT2D eigenvalue weighted by molar-refractivity contribution is -0.139. The minimum absolute atomic E-state index is 0.203. The molecular formula is C16H20N2O4. The Morgan fingerprint density at radius 2 is 1.91 bits per heavy atom. The third-order valence-corrected chi connectivity index (χ3v) is 2.97. The molecule has 1 atom stereocenters. The van der Waals surface area contributed by atoms with Gasteiger partial charge in [0, 0.05) is 18.2 Å². The van der Waals surface area contributed by atoms with Crippen LogP contribution in [0.25, 0.3) is 0 Å². The molecule has 0 unspecified atom stereocenters. The minimum Gasteiger partial charge on any atom is -0.480 e. The van der Waals surface area contributed by atoms with Crippen LogP contribution in [0.2, 0.25) is 0 Å². The minimum atomic E-state index is -1.06. The zero-order chi connectivity index (χ0) is 16.5. The highest BCUT2D eigenvalue weighted by Crippen LogP contribution is 2.10. The van der Waals surface area contributed by atoms with E-state index in [2.05, 4.69) is 17.2 Å². The smallest absolute Gasteiger partial charge is 0.326 e. The Morgan fingerprint density at radius 3 is 2.41 bits per heavy atom. The van der Waals surface area contributed by atoms with Gasteiger partial charge in [-0.25, -0.2) is 4.79 Å². The molecule has 1 rings (SSSR count). The molecule has 0 bridgehead atoms. The molecule has 0 saturated carbocycles. The average molecular weight is 304 g/mol. The van der Waals surface area contributed by atoms with Crippen LogP contribution >= 0.6 is 0 Å². The van der Waals surface area contributed by atoms with Crippen LogP contribution in [-0.2, 0) is 9.59 Å². The number of hydrogen-bond donors (Lipinski definition) is 3. The second-order valence-corrected chi connectivity index (χ2v) is 4.84. The van der Waals surface area contributed by atoms with E-state index in [0.717, 1.165) is 0 Å². The second kappa shape index (κ2) is 8.61. The van der Waals surface area contributed by atoms with Crippen LogP contribution in [0.15, 0.2) is 36.9 Å². The summed E-state index contributed by atoms with van der Waals surface area (Å²) in [6, 6.07) is 5.31. The summed E-state index contributed by atoms with van der Waals surface area (Å²) in [5.74, 6) is -1.72. The van der Waals surface area contributed by atoms with Crippen LogP contribution in [0, 0.1) is 0 Å². The molecule has 0 fully saturated rings. The summed E-state index contributed by atoms with van der Waals surface area (Å²) >= 11 is 0. The number of unbranched alkanes of at least 4 members (excludes halogenated alkanes) is 1. The van der Waals surface area contributed by atoms with Gasteiger partial charge in [-0.2, -0.15) is 0 Å². The number of anilines is 1. The average Bonchev–Trinajstić information content (AvgIpc) is 2.46. The van der Waals surface area contributed by atoms with Crippen LogP contribution < -0.4 is 10.6 Å². The number of allylic oxidation sites excluding steroid dienone is 1. The van der Waals surface area contributed by atoms with Gasteiger partial charge in [0.25, 0.3) is 5.91 Å². The zero-order valence-electron chi connectivity index (χ0n) is 12.5. The molecule has 0 heterocycles. The Balaban J connectivity index is 2.66. The molecule has 3 N–H and O–H groups in total. The zero-order valence-corrected chi connectivity index (χ0v) is 12.5. The summed E-state index contributed by atoms with van der Waals surface area (Å²) in [5, 5.41) is 14.2. The first kappa shape index (κ1) is 17.4. The van der Waals surface area contributed by atoms with E-state index in [-0.39, 0.29) is 5.91 Å². The Kier molecular flexibility index (Phi) is 6.82. The maximum atomic E-state index is 12.0. The van der Waals surface area contributed by atoms with Crippen LogP contribution in [-0.4, -0.2) is 28.9 Å². The van der Waals surface area contributed by atoms with Gasteiger partial charge in [-0.1, -0.05) is 6.08 Å². The number of rotatable bonds is 8. The number of carboxylic acid groups (broad SMARTS) is 1. The van der Waals surface area contributed by atoms with Gasteiger partial charge in [0.1, 0.15) is 6.04 Å². The third-order valence-electron chi connectivity index (χ3n) is 2.97. The SMILES string of the molecule is C=CCCC[C@H](NC(=O)c1ccc(NC(C)=O)cc1)C(=O)O. The maximum Gasteiger partial charge on any atom is 0.326 e. The van der Waals surface area contributed by atoms with E-state index in [1.807, 2.05) is 0 Å². The van der Waals surface area contributed by atoms with E-state index in [9.17, 15) is 14.4 Å². The molecule has 22 heavy (non-hydrogen) atoms. The molecule has 118 valence electrons. The first-order valence-electron chi connectivity index (χ1n) is 6.96. The lowest BCUT2D eigenvalue weighted by Gasteiger charge is -2.14. The van der Waals surface area contributed by atoms with E-state index >= 15 is 0 Å². The van der Waals surface area contributed by atoms with Crippen LogP contribution in [0.5, 0.6) is 0 Å². The van der Waals surface area contributed by atoms with Crippen molar-refractivity contribution in [3.8, 4) is 0 Å². The quantitative estimate of drug-likeness (QED) is 0.506. The molecular weight excluding hydrogens is 284 g/mol. The van der Waals surface area contributed by atoms with Crippen molar-refractivity contribution in [1.82, 2.24) is 5.32 Å². The summed E-state index contributed by atoms with van der Waals surface area (Å²) in [4.78, 5) is 34.1. The molecule has 1 aromatic rings. The number of benzene rings is 1. The highest BCUT2D eigenvalue weighted by atomic mass is 16.4. The maximum absolute atomic E-state index is 12.0. The van der Waals surface area contributed by atoms with E-state index in [1.165, 1.54) is 19.1 Å². The summed E-state index contributed by atoms with van der Waals surface area (Å²) in [5.41, 5.74) is 0.911. The first-order chi connectivity index (χ1) is 10.4. The molecule has 6 heteroatoms. The van der Waals surface area contributed by atoms with Crippen LogP contribution in [0.4, 0.5) is 5.69 Å². The molecule has 0 aliphatic rings. The summed E-state index contributed by atoms with van der Waals surface area (Å²) in [7, 11) is 0. The molecule has 6 nitrogen and oxygen atoms in total. The normalized spacial score (nSPS) is 11.3. The molecule has 2 amide bonds. The van der Waals surface area contributed by atoms with Crippen molar-refractivity contribution < 1.29 is 19.5 Å². The number of amides is 2. The summed E-state index contributed by atoms with van der Waals surface area (Å²) in [6.07, 6.45) is 3.39. The van der Waals surface area contributed by atoms with E-state index in [4.69, 9.17) is 5.11 Å². The standard InChI is InChI=1S/C16H20N2O4/c1-3-4-5-6-14(16(21)22)18-15(20)12-7-9-13(10-8-12)17-11(2)19/h3,7-10,14H,1,4-6H2,2H3,(H,17,19)(H,18,20)(H,21,22)/t14-/m0/s1. The van der Waals surface area contributed by atoms with Gasteiger partial charge in [-0.3, -0.25) is 9.59 Å². The van der Waals surface area contributed by atoms with E-state index < -0.39 is 17.9 Å². The highest BCUT2D eigenvalue weighted by Gasteiger charge is 2.19. The first-order valence-corrected chi connectivity index (χ1v) is 6.96. The number of nitrogens with one attached hydrogen (secondary N) is 2. The number of carboxylic acids is 1. The van der Waals surface area contributed by atoms with Gasteiger partial charge < -0.3 is 15.7 Å². The Labute approximate surface area is 129 Å². The van der Waals surface area contributed by atoms with Crippen molar-refractivity contribution in [1.29, 1.82) is 0 Å². The molecule has 0 aliphatic carbocycles. The summed E-state index contributed by atoms with van der Waals surface area (Å²) < 4.78 is 0. The van der Waals surface area contributed by atoms with E-state index in [0.29, 0.717) is 30.5 Å². The Bertz CT molecular complexity index is 552. The number of aliphatic carboxylic acids is 1. The van der Waals surface area contributed by atoms with Crippen LogP contribution in [0.1, 0.15) is 36.5 Å². The van der Waals surface area contributed by atoms with Crippen molar-refractivity contribution in [3.63, 3.8) is 0 Å². The van der Waals surface area contributed by atoms with Gasteiger partial charge >= 0.3 is 5.97 Å². The predicted molar refractivity (Wildman–Crippen MR) is 83.7 cm³/mol. The Hall–Kier alpha value is -2.63. The number of carbonyl (C=O) groups excluding carboxylic acids is 2. The fourth-order valence-electron chi connectivity index (χ4n) is 1.87. The topological polar surface area (TPSA) is 95.5 Å². The lowest BCUT2D eigenvalue weighted by atomic mass is 10.1. The fraction of sp³-hybridized carbons (Fsp3) is 0.312. The third kappa shape index (κ3) is 5.78. The number of carbonyl (C=O) groups is 3. The molecule has 0 aromatic heterocycles. The molecule has 0 aliphatic heterocycles. The monoisotopic (exact) mass is 304 g/mol. The van der Waals surface area contributed by atoms with Crippen LogP contribution in [0.3, 0.4) is 0 Å². The fourth-order valence-corrected chi connectivity index (χ4v) is 1.87. The molecule has 1 aromatic carbocycles. The van der Waals surface area contributed by atoms with E-state index in [1.54, 1.807) is 18.2 Å². The highest BCUT2D eigenvalue weighted by molar-refractivity contribution is 5.97. The predicted octanol–water partition coefficient (Wildman–Crippen LogP) is 2.18. The van der Waals surface area contributed by atoms with Crippen molar-refractivity contribution >= 4 is 23.5 Å². The van der Waals surface area contributed by atoms with Gasteiger partial charge in [0.15, 0.2) is 0 Å². The van der Waals surface area contributed by atoms with Crippen molar-refractivity contribution in [3.05, 3.63) is 42.5 Å². The Morgan fingerprint density at radius 1 is 1.27 bits per heavy atom. The van der Waals surface area contributed by atoms with Gasteiger partial charge in [0.05, 0.1) is 0 Å². The lowest BCUT2D eigenvalue weighted by Crippen LogP contribution is -2.40. The van der Waals surface area contributed by atoms with Crippen molar-refractivity contribution in [2.45, 2.75) is 32.2 Å². The molecule has 0 radical (unpaired) electrons. The van der Waals surface area contributed by atoms with Gasteiger partial charge in [-0.15, -0.1) is 6.58 Å². The summed E-state index contributed by atoms with van der Waals surface area (Å²) in [6.45, 7) is 4.97.